The molecule has 0 unspecified atom stereocenters. The molecule has 0 saturated heterocycles. The monoisotopic (exact) mass is 377 g/mol. The lowest BCUT2D eigenvalue weighted by Gasteiger charge is -2.16. The second-order valence-corrected chi connectivity index (χ2v) is 6.00. The normalized spacial score (nSPS) is 11.6. The largest absolute Gasteiger partial charge is 0.374 e. The van der Waals surface area contributed by atoms with E-state index in [1.54, 1.807) is 19.1 Å². The third kappa shape index (κ3) is 4.53. The van der Waals surface area contributed by atoms with Crippen LogP contribution in [0.2, 0.25) is 0 Å². The quantitative estimate of drug-likeness (QED) is 0.606. The summed E-state index contributed by atoms with van der Waals surface area (Å²) in [6.07, 6.45) is 0. The lowest BCUT2D eigenvalue weighted by atomic mass is 10.2. The molecule has 6 nitrogen and oxygen atoms in total. The minimum absolute atomic E-state index is 0.0242. The van der Waals surface area contributed by atoms with Crippen molar-refractivity contribution in [2.24, 2.45) is 0 Å². The fourth-order valence-electron chi connectivity index (χ4n) is 1.99. The number of anilines is 2. The van der Waals surface area contributed by atoms with E-state index in [1.807, 2.05) is 25.1 Å². The summed E-state index contributed by atoms with van der Waals surface area (Å²) in [6, 6.07) is 11.1. The molecule has 7 heteroatoms. The number of non-ortho nitro benzene ring substituents is 1. The molecule has 2 aromatic carbocycles. The first-order valence-corrected chi connectivity index (χ1v) is 7.74. The van der Waals surface area contributed by atoms with Crippen LogP contribution in [0.25, 0.3) is 0 Å². The molecule has 0 heterocycles. The topological polar surface area (TPSA) is 84.3 Å². The Hall–Kier alpha value is -2.41. The van der Waals surface area contributed by atoms with Gasteiger partial charge in [0.15, 0.2) is 0 Å². The van der Waals surface area contributed by atoms with Gasteiger partial charge in [-0.05, 0) is 53.5 Å². The van der Waals surface area contributed by atoms with E-state index in [0.29, 0.717) is 11.4 Å². The summed E-state index contributed by atoms with van der Waals surface area (Å²) in [5.74, 6) is -0.235. The molecule has 0 saturated carbocycles. The van der Waals surface area contributed by atoms with E-state index >= 15 is 0 Å². The van der Waals surface area contributed by atoms with E-state index in [-0.39, 0.29) is 11.6 Å². The molecule has 2 aromatic rings. The van der Waals surface area contributed by atoms with Crippen molar-refractivity contribution in [3.8, 4) is 0 Å². The molecule has 2 rings (SSSR count). The zero-order chi connectivity index (χ0) is 17.0. The summed E-state index contributed by atoms with van der Waals surface area (Å²) < 4.78 is 0.799. The number of rotatable bonds is 5. The van der Waals surface area contributed by atoms with Crippen LogP contribution in [0.15, 0.2) is 46.9 Å². The van der Waals surface area contributed by atoms with E-state index in [9.17, 15) is 14.9 Å². The molecule has 0 aliphatic rings. The molecule has 0 radical (unpaired) electrons. The van der Waals surface area contributed by atoms with Gasteiger partial charge in [-0.3, -0.25) is 14.9 Å². The Morgan fingerprint density at radius 3 is 2.65 bits per heavy atom. The number of carbonyl (C=O) groups excluding carboxylic acids is 1. The number of carbonyl (C=O) groups is 1. The average molecular weight is 378 g/mol. The Bertz CT molecular complexity index is 749. The van der Waals surface area contributed by atoms with Gasteiger partial charge in [-0.15, -0.1) is 0 Å². The van der Waals surface area contributed by atoms with Gasteiger partial charge in [-0.25, -0.2) is 0 Å². The Balaban J connectivity index is 2.05. The van der Waals surface area contributed by atoms with Gasteiger partial charge in [-0.2, -0.15) is 0 Å². The van der Waals surface area contributed by atoms with E-state index in [4.69, 9.17) is 0 Å². The molecule has 1 atom stereocenters. The van der Waals surface area contributed by atoms with Crippen LogP contribution < -0.4 is 10.6 Å². The number of hydrogen-bond acceptors (Lipinski definition) is 4. The first-order valence-electron chi connectivity index (χ1n) is 6.95. The summed E-state index contributed by atoms with van der Waals surface area (Å²) in [4.78, 5) is 22.5. The van der Waals surface area contributed by atoms with E-state index in [0.717, 1.165) is 10.0 Å². The van der Waals surface area contributed by atoms with Gasteiger partial charge in [0.1, 0.15) is 6.04 Å². The molecular weight excluding hydrogens is 362 g/mol. The van der Waals surface area contributed by atoms with E-state index < -0.39 is 11.0 Å². The third-order valence-electron chi connectivity index (χ3n) is 3.22. The molecule has 0 aromatic heterocycles. The minimum Gasteiger partial charge on any atom is -0.374 e. The smallest absolute Gasteiger partial charge is 0.271 e. The zero-order valence-electron chi connectivity index (χ0n) is 12.7. The van der Waals surface area contributed by atoms with Crippen molar-refractivity contribution in [3.63, 3.8) is 0 Å². The molecule has 23 heavy (non-hydrogen) atoms. The van der Waals surface area contributed by atoms with Crippen molar-refractivity contribution in [2.45, 2.75) is 19.9 Å². The highest BCUT2D eigenvalue weighted by Gasteiger charge is 2.15. The molecule has 0 fully saturated rings. The molecule has 120 valence electrons. The van der Waals surface area contributed by atoms with Gasteiger partial charge < -0.3 is 10.6 Å². The van der Waals surface area contributed by atoms with Crippen LogP contribution in [0.1, 0.15) is 12.5 Å². The Labute approximate surface area is 142 Å². The Morgan fingerprint density at radius 1 is 1.26 bits per heavy atom. The Kier molecular flexibility index (Phi) is 5.33. The second kappa shape index (κ2) is 7.23. The highest BCUT2D eigenvalue weighted by molar-refractivity contribution is 9.10. The number of aryl methyl sites for hydroxylation is 1. The number of nitro groups is 1. The van der Waals surface area contributed by atoms with Crippen LogP contribution in [0, 0.1) is 17.0 Å². The maximum Gasteiger partial charge on any atom is 0.271 e. The lowest BCUT2D eigenvalue weighted by molar-refractivity contribution is -0.384. The maximum atomic E-state index is 12.2. The molecule has 0 bridgehead atoms. The minimum atomic E-state index is -0.551. The number of halogens is 1. The van der Waals surface area contributed by atoms with Crippen LogP contribution in [0.5, 0.6) is 0 Å². The summed E-state index contributed by atoms with van der Waals surface area (Å²) >= 11 is 3.41. The highest BCUT2D eigenvalue weighted by atomic mass is 79.9. The van der Waals surface area contributed by atoms with Crippen LogP contribution in [-0.4, -0.2) is 16.9 Å². The Morgan fingerprint density at radius 2 is 2.00 bits per heavy atom. The molecule has 0 aliphatic carbocycles. The number of amides is 1. The summed E-state index contributed by atoms with van der Waals surface area (Å²) in [6.45, 7) is 3.65. The molecule has 1 amide bonds. The van der Waals surface area contributed by atoms with Crippen LogP contribution in [0.3, 0.4) is 0 Å². The molecule has 0 spiro atoms. The summed E-state index contributed by atoms with van der Waals surface area (Å²) in [5, 5.41) is 16.5. The van der Waals surface area contributed by atoms with Crippen molar-refractivity contribution >= 4 is 38.9 Å². The van der Waals surface area contributed by atoms with Gasteiger partial charge in [0.25, 0.3) is 5.69 Å². The van der Waals surface area contributed by atoms with Crippen molar-refractivity contribution < 1.29 is 9.72 Å². The number of nitrogens with one attached hydrogen (secondary N) is 2. The molecule has 0 aliphatic heterocycles. The van der Waals surface area contributed by atoms with Gasteiger partial charge in [-0.1, -0.05) is 12.1 Å². The predicted octanol–water partition coefficient (Wildman–Crippen LogP) is 4.10. The van der Waals surface area contributed by atoms with Crippen LogP contribution in [0.4, 0.5) is 17.1 Å². The summed E-state index contributed by atoms with van der Waals surface area (Å²) in [7, 11) is 0. The SMILES string of the molecule is Cc1ccc(NC(=O)[C@H](C)Nc2cccc([N+](=O)[O-])c2)c(Br)c1. The van der Waals surface area contributed by atoms with Gasteiger partial charge in [0, 0.05) is 22.3 Å². The van der Waals surface area contributed by atoms with Crippen LogP contribution in [-0.2, 0) is 4.79 Å². The number of benzene rings is 2. The van der Waals surface area contributed by atoms with Crippen molar-refractivity contribution in [1.29, 1.82) is 0 Å². The third-order valence-corrected chi connectivity index (χ3v) is 3.87. The summed E-state index contributed by atoms with van der Waals surface area (Å²) in [5.41, 5.74) is 2.25. The first kappa shape index (κ1) is 17.0. The van der Waals surface area contributed by atoms with Gasteiger partial charge in [0.2, 0.25) is 5.91 Å². The fraction of sp³-hybridized carbons (Fsp3) is 0.188. The van der Waals surface area contributed by atoms with Crippen molar-refractivity contribution in [3.05, 3.63) is 62.6 Å². The standard InChI is InChI=1S/C16H16BrN3O3/c1-10-6-7-15(14(17)8-10)19-16(21)11(2)18-12-4-3-5-13(9-12)20(22)23/h3-9,11,18H,1-2H3,(H,19,21)/t11-/m0/s1. The van der Waals surface area contributed by atoms with Crippen molar-refractivity contribution in [2.75, 3.05) is 10.6 Å². The number of nitrogens with zero attached hydrogens (tertiary/aromatic N) is 1. The maximum absolute atomic E-state index is 12.2. The molecule has 2 N–H and O–H groups in total. The fourth-order valence-corrected chi connectivity index (χ4v) is 2.58. The predicted molar refractivity (Wildman–Crippen MR) is 93.7 cm³/mol. The van der Waals surface area contributed by atoms with E-state index in [1.165, 1.54) is 12.1 Å². The number of hydrogen-bond donors (Lipinski definition) is 2. The highest BCUT2D eigenvalue weighted by Crippen LogP contribution is 2.24. The van der Waals surface area contributed by atoms with E-state index in [2.05, 4.69) is 26.6 Å². The van der Waals surface area contributed by atoms with Gasteiger partial charge in [0.05, 0.1) is 10.6 Å². The van der Waals surface area contributed by atoms with Crippen LogP contribution >= 0.6 is 15.9 Å². The average Bonchev–Trinajstić information content (AvgIpc) is 2.50. The first-order chi connectivity index (χ1) is 10.9. The number of nitro benzene ring substituents is 1. The second-order valence-electron chi connectivity index (χ2n) is 5.15. The zero-order valence-corrected chi connectivity index (χ0v) is 14.3. The lowest BCUT2D eigenvalue weighted by Crippen LogP contribution is -2.32. The van der Waals surface area contributed by atoms with Gasteiger partial charge >= 0.3 is 0 Å². The van der Waals surface area contributed by atoms with Crippen molar-refractivity contribution in [1.82, 2.24) is 0 Å². The molecular formula is C16H16BrN3O3.